The molecule has 0 aliphatic carbocycles. The van der Waals surface area contributed by atoms with E-state index < -0.39 is 11.8 Å². The number of benzene rings is 1. The van der Waals surface area contributed by atoms with Crippen molar-refractivity contribution in [1.29, 1.82) is 0 Å². The summed E-state index contributed by atoms with van der Waals surface area (Å²) in [5.41, 5.74) is 2.02. The molecule has 2 aromatic rings. The molecule has 1 aromatic heterocycles. The monoisotopic (exact) mass is 400 g/mol. The molecule has 1 saturated heterocycles. The first kappa shape index (κ1) is 20.0. The van der Waals surface area contributed by atoms with Gasteiger partial charge >= 0.3 is 11.8 Å². The Labute approximate surface area is 168 Å². The van der Waals surface area contributed by atoms with E-state index >= 15 is 0 Å². The Morgan fingerprint density at radius 3 is 2.36 bits per heavy atom. The number of amides is 3. The maximum absolute atomic E-state index is 12.3. The molecule has 3 amide bonds. The lowest BCUT2D eigenvalue weighted by atomic mass is 10.2. The molecule has 1 N–H and O–H groups in total. The zero-order valence-electron chi connectivity index (χ0n) is 16.1. The zero-order valence-corrected chi connectivity index (χ0v) is 16.9. The number of nitrogens with one attached hydrogen (secondary N) is 1. The predicted molar refractivity (Wildman–Crippen MR) is 108 cm³/mol. The molecular weight excluding hydrogens is 376 g/mol. The van der Waals surface area contributed by atoms with E-state index in [-0.39, 0.29) is 5.91 Å². The molecule has 0 unspecified atom stereocenters. The second kappa shape index (κ2) is 8.97. The molecule has 1 fully saturated rings. The number of piperazine rings is 1. The van der Waals surface area contributed by atoms with Crippen LogP contribution in [0, 0.1) is 6.92 Å². The van der Waals surface area contributed by atoms with Crippen molar-refractivity contribution in [3.8, 4) is 10.6 Å². The summed E-state index contributed by atoms with van der Waals surface area (Å²) < 4.78 is 0. The Morgan fingerprint density at radius 2 is 1.71 bits per heavy atom. The highest BCUT2D eigenvalue weighted by Crippen LogP contribution is 2.27. The maximum Gasteiger partial charge on any atom is 0.312 e. The van der Waals surface area contributed by atoms with Gasteiger partial charge in [0.1, 0.15) is 5.01 Å². The van der Waals surface area contributed by atoms with Crippen LogP contribution in [0.4, 0.5) is 0 Å². The summed E-state index contributed by atoms with van der Waals surface area (Å²) in [7, 11) is 0. The van der Waals surface area contributed by atoms with Crippen LogP contribution in [0.2, 0.25) is 0 Å². The van der Waals surface area contributed by atoms with Gasteiger partial charge in [-0.15, -0.1) is 11.3 Å². The average molecular weight is 401 g/mol. The number of rotatable bonds is 4. The van der Waals surface area contributed by atoms with Gasteiger partial charge in [0.05, 0.1) is 5.69 Å². The molecule has 1 aliphatic rings. The third-order valence-corrected chi connectivity index (χ3v) is 6.02. The first-order valence-corrected chi connectivity index (χ1v) is 10.1. The van der Waals surface area contributed by atoms with E-state index in [1.807, 2.05) is 37.3 Å². The fourth-order valence-electron chi connectivity index (χ4n) is 3.10. The van der Waals surface area contributed by atoms with Gasteiger partial charge in [0.2, 0.25) is 5.91 Å². The van der Waals surface area contributed by atoms with Crippen LogP contribution < -0.4 is 5.32 Å². The van der Waals surface area contributed by atoms with E-state index in [9.17, 15) is 14.4 Å². The average Bonchev–Trinajstić information content (AvgIpc) is 3.08. The van der Waals surface area contributed by atoms with Crippen LogP contribution in [0.3, 0.4) is 0 Å². The molecule has 0 bridgehead atoms. The van der Waals surface area contributed by atoms with Crippen molar-refractivity contribution in [2.75, 3.05) is 32.7 Å². The van der Waals surface area contributed by atoms with Crippen molar-refractivity contribution in [1.82, 2.24) is 20.1 Å². The summed E-state index contributed by atoms with van der Waals surface area (Å²) in [5, 5.41) is 3.66. The van der Waals surface area contributed by atoms with Gasteiger partial charge in [-0.1, -0.05) is 30.3 Å². The van der Waals surface area contributed by atoms with Crippen LogP contribution >= 0.6 is 11.3 Å². The molecule has 1 aromatic carbocycles. The maximum atomic E-state index is 12.3. The fourth-order valence-corrected chi connectivity index (χ4v) is 4.16. The summed E-state index contributed by atoms with van der Waals surface area (Å²) in [6, 6.07) is 9.97. The third-order valence-electron chi connectivity index (χ3n) is 4.76. The molecular formula is C20H24N4O3S. The summed E-state index contributed by atoms with van der Waals surface area (Å²) in [6.07, 6.45) is 0.632. The van der Waals surface area contributed by atoms with Crippen LogP contribution in [0.5, 0.6) is 0 Å². The van der Waals surface area contributed by atoms with Crippen LogP contribution in [0.25, 0.3) is 10.6 Å². The number of nitrogens with zero attached hydrogens (tertiary/aromatic N) is 3. The Bertz CT molecular complexity index is 858. The minimum atomic E-state index is -0.596. The molecule has 0 spiro atoms. The molecule has 0 radical (unpaired) electrons. The number of thiazole rings is 1. The lowest BCUT2D eigenvalue weighted by molar-refractivity contribution is -0.148. The number of aryl methyl sites for hydroxylation is 1. The Balaban J connectivity index is 1.49. The number of aromatic nitrogens is 1. The van der Waals surface area contributed by atoms with Gasteiger partial charge in [0.25, 0.3) is 0 Å². The molecule has 3 rings (SSSR count). The van der Waals surface area contributed by atoms with Crippen molar-refractivity contribution in [3.63, 3.8) is 0 Å². The molecule has 2 heterocycles. The van der Waals surface area contributed by atoms with Gasteiger partial charge in [0, 0.05) is 56.5 Å². The normalized spacial score (nSPS) is 14.1. The Hall–Kier alpha value is -2.74. The topological polar surface area (TPSA) is 82.6 Å². The van der Waals surface area contributed by atoms with Crippen molar-refractivity contribution in [3.05, 3.63) is 40.9 Å². The Kier molecular flexibility index (Phi) is 6.41. The number of hydrogen-bond acceptors (Lipinski definition) is 5. The quantitative estimate of drug-likeness (QED) is 0.788. The minimum Gasteiger partial charge on any atom is -0.347 e. The van der Waals surface area contributed by atoms with Crippen molar-refractivity contribution in [2.24, 2.45) is 0 Å². The summed E-state index contributed by atoms with van der Waals surface area (Å²) >= 11 is 1.61. The molecule has 148 valence electrons. The second-order valence-corrected chi connectivity index (χ2v) is 7.78. The molecule has 0 saturated carbocycles. The summed E-state index contributed by atoms with van der Waals surface area (Å²) in [5.74, 6) is -1.14. The molecule has 28 heavy (non-hydrogen) atoms. The first-order valence-electron chi connectivity index (χ1n) is 9.30. The van der Waals surface area contributed by atoms with Crippen molar-refractivity contribution >= 4 is 29.1 Å². The van der Waals surface area contributed by atoms with E-state index in [4.69, 9.17) is 0 Å². The highest BCUT2D eigenvalue weighted by Gasteiger charge is 2.26. The summed E-state index contributed by atoms with van der Waals surface area (Å²) in [6.45, 7) is 5.57. The lowest BCUT2D eigenvalue weighted by Crippen LogP contribution is -2.53. The van der Waals surface area contributed by atoms with Gasteiger partial charge in [-0.3, -0.25) is 14.4 Å². The highest BCUT2D eigenvalue weighted by molar-refractivity contribution is 7.15. The summed E-state index contributed by atoms with van der Waals surface area (Å²) in [4.78, 5) is 44.7. The standard InChI is InChI=1S/C20H24N4O3S/c1-14-17(28-19(22-14)16-6-4-3-5-7-16)8-9-21-18(26)20(27)24-12-10-23(11-13-24)15(2)25/h3-7H,8-13H2,1-2H3,(H,21,26). The largest absolute Gasteiger partial charge is 0.347 e. The smallest absolute Gasteiger partial charge is 0.312 e. The van der Waals surface area contributed by atoms with Crippen LogP contribution in [-0.4, -0.2) is 65.2 Å². The van der Waals surface area contributed by atoms with E-state index in [2.05, 4.69) is 10.3 Å². The first-order chi connectivity index (χ1) is 13.5. The third kappa shape index (κ3) is 4.75. The van der Waals surface area contributed by atoms with Gasteiger partial charge in [-0.05, 0) is 6.92 Å². The van der Waals surface area contributed by atoms with Gasteiger partial charge in [0.15, 0.2) is 0 Å². The number of carbonyl (C=O) groups excluding carboxylic acids is 3. The van der Waals surface area contributed by atoms with Crippen LogP contribution in [0.15, 0.2) is 30.3 Å². The molecule has 7 nitrogen and oxygen atoms in total. The van der Waals surface area contributed by atoms with E-state index in [1.54, 1.807) is 16.2 Å². The Morgan fingerprint density at radius 1 is 1.07 bits per heavy atom. The van der Waals surface area contributed by atoms with Crippen molar-refractivity contribution < 1.29 is 14.4 Å². The zero-order chi connectivity index (χ0) is 20.1. The molecule has 1 aliphatic heterocycles. The predicted octanol–water partition coefficient (Wildman–Crippen LogP) is 1.47. The van der Waals surface area contributed by atoms with Gasteiger partial charge < -0.3 is 15.1 Å². The minimum absolute atomic E-state index is 0.00801. The van der Waals surface area contributed by atoms with E-state index in [0.717, 1.165) is 21.1 Å². The molecule has 8 heteroatoms. The fraction of sp³-hybridized carbons (Fsp3) is 0.400. The lowest BCUT2D eigenvalue weighted by Gasteiger charge is -2.33. The second-order valence-electron chi connectivity index (χ2n) is 6.70. The highest BCUT2D eigenvalue weighted by atomic mass is 32.1. The van der Waals surface area contributed by atoms with Gasteiger partial charge in [-0.25, -0.2) is 4.98 Å². The van der Waals surface area contributed by atoms with Gasteiger partial charge in [-0.2, -0.15) is 0 Å². The van der Waals surface area contributed by atoms with E-state index in [1.165, 1.54) is 11.8 Å². The van der Waals surface area contributed by atoms with E-state index in [0.29, 0.717) is 39.1 Å². The van der Waals surface area contributed by atoms with Crippen molar-refractivity contribution in [2.45, 2.75) is 20.3 Å². The number of hydrogen-bond donors (Lipinski definition) is 1. The molecule has 0 atom stereocenters. The van der Waals surface area contributed by atoms with Crippen LogP contribution in [-0.2, 0) is 20.8 Å². The number of carbonyl (C=O) groups is 3. The van der Waals surface area contributed by atoms with Crippen LogP contribution in [0.1, 0.15) is 17.5 Å². The SMILES string of the molecule is CC(=O)N1CCN(C(=O)C(=O)NCCc2sc(-c3ccccc3)nc2C)CC1.